The fourth-order valence-corrected chi connectivity index (χ4v) is 3.60. The van der Waals surface area contributed by atoms with E-state index in [1.54, 1.807) is 12.0 Å². The number of hydrogen-bond donors (Lipinski definition) is 1. The van der Waals surface area contributed by atoms with Gasteiger partial charge in [-0.3, -0.25) is 9.59 Å². The van der Waals surface area contributed by atoms with E-state index in [4.69, 9.17) is 14.2 Å². The second-order valence-electron chi connectivity index (χ2n) is 6.76. The predicted octanol–water partition coefficient (Wildman–Crippen LogP) is 1.80. The van der Waals surface area contributed by atoms with Crippen LogP contribution in [0.15, 0.2) is 42.5 Å². The maximum atomic E-state index is 13.1. The predicted molar refractivity (Wildman–Crippen MR) is 101 cm³/mol. The van der Waals surface area contributed by atoms with Crippen LogP contribution in [0.1, 0.15) is 22.7 Å². The number of rotatable bonds is 6. The number of ether oxygens (including phenoxy) is 3. The Balaban J connectivity index is 1.53. The molecule has 1 N–H and O–H groups in total. The molecule has 2 aliphatic rings. The van der Waals surface area contributed by atoms with Gasteiger partial charge in [0.1, 0.15) is 6.04 Å². The molecule has 2 aromatic rings. The first-order chi connectivity index (χ1) is 13.7. The largest absolute Gasteiger partial charge is 0.454 e. The van der Waals surface area contributed by atoms with Crippen LogP contribution in [0, 0.1) is 0 Å². The SMILES string of the molecule is COCCN1C(=O)Cc2ccccc2[C@@H]1C(=O)NCc1ccc2c(c1)OCO2. The fraction of sp³-hybridized carbons (Fsp3) is 0.333. The Labute approximate surface area is 163 Å². The van der Waals surface area contributed by atoms with Gasteiger partial charge in [0.05, 0.1) is 13.0 Å². The molecular formula is C21H22N2O5. The highest BCUT2D eigenvalue weighted by Gasteiger charge is 2.36. The third-order valence-corrected chi connectivity index (χ3v) is 5.01. The minimum absolute atomic E-state index is 0.0704. The molecule has 7 heteroatoms. The lowest BCUT2D eigenvalue weighted by molar-refractivity contribution is -0.142. The lowest BCUT2D eigenvalue weighted by Crippen LogP contribution is -2.48. The number of nitrogens with one attached hydrogen (secondary N) is 1. The second kappa shape index (κ2) is 7.90. The van der Waals surface area contributed by atoms with Crippen molar-refractivity contribution in [2.45, 2.75) is 19.0 Å². The Morgan fingerprint density at radius 2 is 2.04 bits per heavy atom. The minimum atomic E-state index is -0.665. The number of carbonyl (C=O) groups excluding carboxylic acids is 2. The summed E-state index contributed by atoms with van der Waals surface area (Å²) in [4.78, 5) is 27.3. The van der Waals surface area contributed by atoms with E-state index in [0.717, 1.165) is 16.7 Å². The molecule has 2 heterocycles. The third kappa shape index (κ3) is 3.53. The summed E-state index contributed by atoms with van der Waals surface area (Å²) in [5, 5.41) is 2.96. The normalized spacial score (nSPS) is 17.4. The lowest BCUT2D eigenvalue weighted by Gasteiger charge is -2.36. The Morgan fingerprint density at radius 3 is 2.89 bits per heavy atom. The van der Waals surface area contributed by atoms with Gasteiger partial charge in [-0.25, -0.2) is 0 Å². The molecule has 2 aromatic carbocycles. The molecule has 1 atom stereocenters. The van der Waals surface area contributed by atoms with Gasteiger partial charge in [-0.05, 0) is 28.8 Å². The molecule has 4 rings (SSSR count). The molecule has 0 radical (unpaired) electrons. The Kier molecular flexibility index (Phi) is 5.16. The Hall–Kier alpha value is -3.06. The molecule has 0 bridgehead atoms. The zero-order chi connectivity index (χ0) is 19.5. The maximum Gasteiger partial charge on any atom is 0.247 e. The van der Waals surface area contributed by atoms with Crippen molar-refractivity contribution in [3.8, 4) is 11.5 Å². The number of hydrogen-bond acceptors (Lipinski definition) is 5. The summed E-state index contributed by atoms with van der Waals surface area (Å²) in [7, 11) is 1.58. The van der Waals surface area contributed by atoms with Crippen molar-refractivity contribution >= 4 is 11.8 Å². The Bertz CT molecular complexity index is 898. The number of fused-ring (bicyclic) bond motifs is 2. The van der Waals surface area contributed by atoms with Crippen LogP contribution in [0.3, 0.4) is 0 Å². The van der Waals surface area contributed by atoms with Crippen LogP contribution in [0.4, 0.5) is 0 Å². The first-order valence-corrected chi connectivity index (χ1v) is 9.20. The minimum Gasteiger partial charge on any atom is -0.454 e. The molecule has 0 saturated heterocycles. The van der Waals surface area contributed by atoms with Gasteiger partial charge in [0.15, 0.2) is 11.5 Å². The van der Waals surface area contributed by atoms with Crippen LogP contribution in [0.5, 0.6) is 11.5 Å². The third-order valence-electron chi connectivity index (χ3n) is 5.01. The van der Waals surface area contributed by atoms with E-state index in [-0.39, 0.29) is 18.6 Å². The molecule has 28 heavy (non-hydrogen) atoms. The van der Waals surface area contributed by atoms with Gasteiger partial charge < -0.3 is 24.4 Å². The van der Waals surface area contributed by atoms with Crippen LogP contribution < -0.4 is 14.8 Å². The van der Waals surface area contributed by atoms with Gasteiger partial charge in [0.25, 0.3) is 0 Å². The average molecular weight is 382 g/mol. The molecular weight excluding hydrogens is 360 g/mol. The Morgan fingerprint density at radius 1 is 1.21 bits per heavy atom. The second-order valence-corrected chi connectivity index (χ2v) is 6.76. The zero-order valence-corrected chi connectivity index (χ0v) is 15.6. The molecule has 146 valence electrons. The topological polar surface area (TPSA) is 77.1 Å². The molecule has 0 unspecified atom stereocenters. The number of nitrogens with zero attached hydrogens (tertiary/aromatic N) is 1. The van der Waals surface area contributed by atoms with E-state index < -0.39 is 6.04 Å². The van der Waals surface area contributed by atoms with E-state index in [0.29, 0.717) is 37.6 Å². The smallest absolute Gasteiger partial charge is 0.247 e. The van der Waals surface area contributed by atoms with Gasteiger partial charge >= 0.3 is 0 Å². The van der Waals surface area contributed by atoms with E-state index in [9.17, 15) is 9.59 Å². The van der Waals surface area contributed by atoms with Crippen molar-refractivity contribution < 1.29 is 23.8 Å². The van der Waals surface area contributed by atoms with Crippen molar-refractivity contribution in [1.29, 1.82) is 0 Å². The summed E-state index contributed by atoms with van der Waals surface area (Å²) in [6, 6.07) is 12.5. The molecule has 0 aliphatic carbocycles. The first-order valence-electron chi connectivity index (χ1n) is 9.20. The van der Waals surface area contributed by atoms with E-state index in [2.05, 4.69) is 5.32 Å². The summed E-state index contributed by atoms with van der Waals surface area (Å²) >= 11 is 0. The van der Waals surface area contributed by atoms with Crippen molar-refractivity contribution in [1.82, 2.24) is 10.2 Å². The van der Waals surface area contributed by atoms with Gasteiger partial charge in [0, 0.05) is 20.2 Å². The van der Waals surface area contributed by atoms with Crippen LogP contribution in [-0.4, -0.2) is 43.8 Å². The van der Waals surface area contributed by atoms with Crippen LogP contribution >= 0.6 is 0 Å². The molecule has 2 aliphatic heterocycles. The van der Waals surface area contributed by atoms with Gasteiger partial charge in [-0.2, -0.15) is 0 Å². The summed E-state index contributed by atoms with van der Waals surface area (Å²) in [5.41, 5.74) is 2.65. The zero-order valence-electron chi connectivity index (χ0n) is 15.6. The highest BCUT2D eigenvalue weighted by atomic mass is 16.7. The quantitative estimate of drug-likeness (QED) is 0.825. The van der Waals surface area contributed by atoms with Crippen molar-refractivity contribution in [3.05, 3.63) is 59.2 Å². The molecule has 0 saturated carbocycles. The number of amides is 2. The number of methoxy groups -OCH3 is 1. The number of carbonyl (C=O) groups is 2. The summed E-state index contributed by atoms with van der Waals surface area (Å²) in [5.74, 6) is 1.09. The summed E-state index contributed by atoms with van der Waals surface area (Å²) in [6.45, 7) is 1.28. The molecule has 7 nitrogen and oxygen atoms in total. The van der Waals surface area contributed by atoms with Crippen LogP contribution in [0.25, 0.3) is 0 Å². The molecule has 0 aromatic heterocycles. The maximum absolute atomic E-state index is 13.1. The van der Waals surface area contributed by atoms with Crippen LogP contribution in [0.2, 0.25) is 0 Å². The van der Waals surface area contributed by atoms with Gasteiger partial charge in [-0.1, -0.05) is 30.3 Å². The van der Waals surface area contributed by atoms with Crippen molar-refractivity contribution in [2.75, 3.05) is 27.1 Å². The summed E-state index contributed by atoms with van der Waals surface area (Å²) in [6.07, 6.45) is 0.297. The van der Waals surface area contributed by atoms with E-state index in [1.807, 2.05) is 42.5 Å². The highest BCUT2D eigenvalue weighted by Crippen LogP contribution is 2.33. The van der Waals surface area contributed by atoms with Gasteiger partial charge in [0.2, 0.25) is 18.6 Å². The molecule has 2 amide bonds. The van der Waals surface area contributed by atoms with Crippen molar-refractivity contribution in [2.24, 2.45) is 0 Å². The monoisotopic (exact) mass is 382 g/mol. The summed E-state index contributed by atoms with van der Waals surface area (Å²) < 4.78 is 15.8. The standard InChI is InChI=1S/C21H22N2O5/c1-26-9-8-23-19(24)11-15-4-2-3-5-16(15)20(23)21(25)22-12-14-6-7-17-18(10-14)28-13-27-17/h2-7,10,20H,8-9,11-13H2,1H3,(H,22,25)/t20-/m1/s1. The molecule has 0 fully saturated rings. The molecule has 0 spiro atoms. The lowest BCUT2D eigenvalue weighted by atomic mass is 9.91. The van der Waals surface area contributed by atoms with Crippen molar-refractivity contribution in [3.63, 3.8) is 0 Å². The first kappa shape index (κ1) is 18.3. The van der Waals surface area contributed by atoms with Gasteiger partial charge in [-0.15, -0.1) is 0 Å². The average Bonchev–Trinajstić information content (AvgIpc) is 3.18. The van der Waals surface area contributed by atoms with E-state index >= 15 is 0 Å². The number of benzene rings is 2. The van der Waals surface area contributed by atoms with Crippen LogP contribution in [-0.2, 0) is 27.3 Å². The fourth-order valence-electron chi connectivity index (χ4n) is 3.60. The highest BCUT2D eigenvalue weighted by molar-refractivity contribution is 5.92. The van der Waals surface area contributed by atoms with E-state index in [1.165, 1.54) is 0 Å².